The number of pyridine rings is 1. The number of carbonyl (C=O) groups excluding carboxylic acids is 1. The molecule has 30 heavy (non-hydrogen) atoms. The molecule has 6 nitrogen and oxygen atoms in total. The molecule has 7 heteroatoms. The lowest BCUT2D eigenvalue weighted by molar-refractivity contribution is -0.121. The standard InChI is InChI=1S/C23H24ClN5O/c24-18-10-5-3-8-16(18)14-26-20(30)12-2-1-7-13-29-15-27-21-22(29)17-9-4-6-11-19(17)28-23(21)25/h3-6,8-11,15H,1-2,7,12-14H2,(H2,25,28)(H,26,30). The molecule has 2 aromatic carbocycles. The van der Waals surface area contributed by atoms with E-state index < -0.39 is 0 Å². The summed E-state index contributed by atoms with van der Waals surface area (Å²) < 4.78 is 2.13. The average Bonchev–Trinajstić information content (AvgIpc) is 3.18. The number of rotatable bonds is 8. The molecule has 0 fully saturated rings. The highest BCUT2D eigenvalue weighted by Crippen LogP contribution is 2.27. The minimum absolute atomic E-state index is 0.0489. The fourth-order valence-corrected chi connectivity index (χ4v) is 3.85. The monoisotopic (exact) mass is 421 g/mol. The van der Waals surface area contributed by atoms with Crippen molar-refractivity contribution in [1.82, 2.24) is 19.9 Å². The average molecular weight is 422 g/mol. The van der Waals surface area contributed by atoms with Gasteiger partial charge in [-0.25, -0.2) is 9.97 Å². The Bertz CT molecular complexity index is 1190. The van der Waals surface area contributed by atoms with Gasteiger partial charge in [-0.15, -0.1) is 0 Å². The number of halogens is 1. The van der Waals surface area contributed by atoms with Gasteiger partial charge >= 0.3 is 0 Å². The summed E-state index contributed by atoms with van der Waals surface area (Å²) in [4.78, 5) is 21.0. The highest BCUT2D eigenvalue weighted by Gasteiger charge is 2.12. The maximum atomic E-state index is 12.1. The SMILES string of the molecule is Nc1nc2ccccc2c2c1ncn2CCCCCC(=O)NCc1ccccc1Cl. The number of nitrogen functional groups attached to an aromatic ring is 1. The summed E-state index contributed by atoms with van der Waals surface area (Å²) in [5.74, 6) is 0.505. The van der Waals surface area contributed by atoms with Gasteiger partial charge in [0.2, 0.25) is 5.91 Å². The van der Waals surface area contributed by atoms with E-state index in [2.05, 4.69) is 19.9 Å². The van der Waals surface area contributed by atoms with Crippen LogP contribution in [0.4, 0.5) is 5.82 Å². The molecule has 1 amide bonds. The molecule has 4 aromatic rings. The summed E-state index contributed by atoms with van der Waals surface area (Å²) >= 11 is 6.12. The van der Waals surface area contributed by atoms with Gasteiger partial charge in [0.15, 0.2) is 5.82 Å². The summed E-state index contributed by atoms with van der Waals surface area (Å²) in [5.41, 5.74) is 9.66. The second kappa shape index (κ2) is 9.13. The topological polar surface area (TPSA) is 85.8 Å². The van der Waals surface area contributed by atoms with Crippen molar-refractivity contribution in [3.63, 3.8) is 0 Å². The van der Waals surface area contributed by atoms with E-state index in [1.165, 1.54) is 0 Å². The van der Waals surface area contributed by atoms with Gasteiger partial charge in [0.05, 0.1) is 17.4 Å². The van der Waals surface area contributed by atoms with Crippen molar-refractivity contribution in [1.29, 1.82) is 0 Å². The van der Waals surface area contributed by atoms with Crippen LogP contribution in [0.15, 0.2) is 54.9 Å². The fraction of sp³-hybridized carbons (Fsp3) is 0.261. The quantitative estimate of drug-likeness (QED) is 0.404. The summed E-state index contributed by atoms with van der Waals surface area (Å²) in [6.07, 6.45) is 5.09. The van der Waals surface area contributed by atoms with Crippen LogP contribution < -0.4 is 11.1 Å². The molecule has 0 radical (unpaired) electrons. The summed E-state index contributed by atoms with van der Waals surface area (Å²) in [5, 5.41) is 4.66. The maximum Gasteiger partial charge on any atom is 0.220 e. The number of carbonyl (C=O) groups is 1. The third kappa shape index (κ3) is 4.39. The Balaban J connectivity index is 1.28. The van der Waals surface area contributed by atoms with Crippen LogP contribution in [0.3, 0.4) is 0 Å². The second-order valence-electron chi connectivity index (χ2n) is 7.33. The smallest absolute Gasteiger partial charge is 0.220 e. The van der Waals surface area contributed by atoms with Crippen molar-refractivity contribution in [2.75, 3.05) is 5.73 Å². The van der Waals surface area contributed by atoms with Crippen molar-refractivity contribution < 1.29 is 4.79 Å². The predicted octanol–water partition coefficient (Wildman–Crippen LogP) is 4.70. The van der Waals surface area contributed by atoms with Crippen LogP contribution in [0.2, 0.25) is 5.02 Å². The number of para-hydroxylation sites is 1. The van der Waals surface area contributed by atoms with E-state index >= 15 is 0 Å². The zero-order valence-corrected chi connectivity index (χ0v) is 17.4. The first kappa shape index (κ1) is 20.2. The molecule has 154 valence electrons. The number of hydrogen-bond donors (Lipinski definition) is 2. The Kier molecular flexibility index (Phi) is 6.14. The number of nitrogens with zero attached hydrogens (tertiary/aromatic N) is 3. The fourth-order valence-electron chi connectivity index (χ4n) is 3.64. The van der Waals surface area contributed by atoms with Gasteiger partial charge in [0, 0.05) is 29.9 Å². The van der Waals surface area contributed by atoms with Gasteiger partial charge in [-0.3, -0.25) is 4.79 Å². The van der Waals surface area contributed by atoms with Crippen LogP contribution in [-0.4, -0.2) is 20.4 Å². The Morgan fingerprint density at radius 1 is 1.07 bits per heavy atom. The van der Waals surface area contributed by atoms with Crippen LogP contribution in [0, 0.1) is 0 Å². The zero-order chi connectivity index (χ0) is 20.9. The van der Waals surface area contributed by atoms with E-state index in [1.54, 1.807) is 0 Å². The molecule has 0 bridgehead atoms. The minimum atomic E-state index is 0.0489. The number of unbranched alkanes of at least 4 members (excludes halogenated alkanes) is 2. The summed E-state index contributed by atoms with van der Waals surface area (Å²) in [6, 6.07) is 15.5. The van der Waals surface area contributed by atoms with Gasteiger partial charge in [0.1, 0.15) is 5.52 Å². The first-order valence-corrected chi connectivity index (χ1v) is 10.5. The number of anilines is 1. The molecule has 0 aliphatic carbocycles. The third-order valence-electron chi connectivity index (χ3n) is 5.22. The molecular formula is C23H24ClN5O. The molecule has 0 aliphatic rings. The number of benzene rings is 2. The first-order valence-electron chi connectivity index (χ1n) is 10.1. The lowest BCUT2D eigenvalue weighted by Gasteiger charge is -2.08. The molecule has 2 aromatic heterocycles. The predicted molar refractivity (Wildman–Crippen MR) is 121 cm³/mol. The third-order valence-corrected chi connectivity index (χ3v) is 5.59. The number of aromatic nitrogens is 3. The van der Waals surface area contributed by atoms with E-state index in [4.69, 9.17) is 17.3 Å². The Morgan fingerprint density at radius 2 is 1.87 bits per heavy atom. The molecule has 0 aliphatic heterocycles. The van der Waals surface area contributed by atoms with Crippen LogP contribution in [0.5, 0.6) is 0 Å². The molecule has 4 rings (SSSR count). The second-order valence-corrected chi connectivity index (χ2v) is 7.74. The van der Waals surface area contributed by atoms with Crippen molar-refractivity contribution in [3.8, 4) is 0 Å². The Hall–Kier alpha value is -3.12. The number of aryl methyl sites for hydroxylation is 1. The minimum Gasteiger partial charge on any atom is -0.382 e. The number of nitrogens with one attached hydrogen (secondary N) is 1. The zero-order valence-electron chi connectivity index (χ0n) is 16.6. The number of amides is 1. The van der Waals surface area contributed by atoms with Crippen LogP contribution in [0.25, 0.3) is 21.9 Å². The van der Waals surface area contributed by atoms with Gasteiger partial charge in [-0.05, 0) is 30.5 Å². The number of nitrogens with two attached hydrogens (primary N) is 1. The molecule has 0 unspecified atom stereocenters. The normalized spacial score (nSPS) is 11.2. The maximum absolute atomic E-state index is 12.1. The molecule has 0 atom stereocenters. The molecular weight excluding hydrogens is 398 g/mol. The van der Waals surface area contributed by atoms with Gasteiger partial charge < -0.3 is 15.6 Å². The molecule has 3 N–H and O–H groups in total. The van der Waals surface area contributed by atoms with E-state index in [1.807, 2.05) is 54.9 Å². The Labute approximate surface area is 180 Å². The molecule has 0 spiro atoms. The number of fused-ring (bicyclic) bond motifs is 3. The summed E-state index contributed by atoms with van der Waals surface area (Å²) in [6.45, 7) is 1.28. The summed E-state index contributed by atoms with van der Waals surface area (Å²) in [7, 11) is 0. The first-order chi connectivity index (χ1) is 14.6. The largest absolute Gasteiger partial charge is 0.382 e. The van der Waals surface area contributed by atoms with Gasteiger partial charge in [-0.2, -0.15) is 0 Å². The number of imidazole rings is 1. The Morgan fingerprint density at radius 3 is 2.73 bits per heavy atom. The van der Waals surface area contributed by atoms with E-state index in [9.17, 15) is 4.79 Å². The van der Waals surface area contributed by atoms with Crippen molar-refractivity contribution in [2.45, 2.75) is 38.8 Å². The van der Waals surface area contributed by atoms with E-state index in [-0.39, 0.29) is 5.91 Å². The van der Waals surface area contributed by atoms with Crippen LogP contribution in [0.1, 0.15) is 31.2 Å². The van der Waals surface area contributed by atoms with Crippen LogP contribution in [-0.2, 0) is 17.9 Å². The highest BCUT2D eigenvalue weighted by molar-refractivity contribution is 6.31. The molecule has 0 saturated heterocycles. The molecule has 2 heterocycles. The highest BCUT2D eigenvalue weighted by atomic mass is 35.5. The van der Waals surface area contributed by atoms with Crippen molar-refractivity contribution >= 4 is 45.3 Å². The van der Waals surface area contributed by atoms with Crippen LogP contribution >= 0.6 is 11.6 Å². The van der Waals surface area contributed by atoms with Crippen molar-refractivity contribution in [2.24, 2.45) is 0 Å². The lowest BCUT2D eigenvalue weighted by atomic mass is 10.1. The van der Waals surface area contributed by atoms with E-state index in [0.29, 0.717) is 23.8 Å². The molecule has 0 saturated carbocycles. The van der Waals surface area contributed by atoms with E-state index in [0.717, 1.165) is 53.3 Å². The lowest BCUT2D eigenvalue weighted by Crippen LogP contribution is -2.22. The number of hydrogen-bond acceptors (Lipinski definition) is 4. The van der Waals surface area contributed by atoms with Crippen molar-refractivity contribution in [3.05, 3.63) is 65.4 Å². The van der Waals surface area contributed by atoms with Gasteiger partial charge in [-0.1, -0.05) is 54.4 Å². The van der Waals surface area contributed by atoms with Gasteiger partial charge in [0.25, 0.3) is 0 Å².